The van der Waals surface area contributed by atoms with Gasteiger partial charge in [-0.2, -0.15) is 0 Å². The van der Waals surface area contributed by atoms with Crippen LogP contribution < -0.4 is 4.90 Å². The van der Waals surface area contributed by atoms with Gasteiger partial charge in [0.1, 0.15) is 23.2 Å². The van der Waals surface area contributed by atoms with Gasteiger partial charge in [0, 0.05) is 5.56 Å². The summed E-state index contributed by atoms with van der Waals surface area (Å²) in [6.45, 7) is 0. The van der Waals surface area contributed by atoms with E-state index in [0.29, 0.717) is 28.2 Å². The maximum Gasteiger partial charge on any atom is 0.337 e. The molecule has 0 aliphatic carbocycles. The molecule has 3 aromatic rings. The van der Waals surface area contributed by atoms with Crippen molar-refractivity contribution >= 4 is 29.5 Å². The van der Waals surface area contributed by atoms with Gasteiger partial charge in [0.15, 0.2) is 0 Å². The highest BCUT2D eigenvalue weighted by Gasteiger charge is 2.32. The summed E-state index contributed by atoms with van der Waals surface area (Å²) >= 11 is 0. The molecule has 0 bridgehead atoms. The highest BCUT2D eigenvalue weighted by atomic mass is 19.1. The molecule has 0 saturated heterocycles. The van der Waals surface area contributed by atoms with E-state index in [-0.39, 0.29) is 5.70 Å². The summed E-state index contributed by atoms with van der Waals surface area (Å²) in [6, 6.07) is 17.5. The van der Waals surface area contributed by atoms with Crippen LogP contribution in [-0.2, 0) is 9.53 Å². The van der Waals surface area contributed by atoms with Crippen molar-refractivity contribution in [3.8, 4) is 0 Å². The lowest BCUT2D eigenvalue weighted by Crippen LogP contribution is -2.32. The number of ether oxygens (including phenoxy) is 1. The van der Waals surface area contributed by atoms with Gasteiger partial charge < -0.3 is 4.74 Å². The summed E-state index contributed by atoms with van der Waals surface area (Å²) in [5, 5.41) is 0. The maximum absolute atomic E-state index is 13.4. The third-order valence-electron chi connectivity index (χ3n) is 4.68. The molecule has 1 aliphatic heterocycles. The number of methoxy groups -OCH3 is 1. The van der Waals surface area contributed by atoms with Gasteiger partial charge in [-0.15, -0.1) is 0 Å². The normalized spacial score (nSPS) is 14.7. The number of hydrogen-bond donors (Lipinski definition) is 0. The monoisotopic (exact) mass is 418 g/mol. The Labute approximate surface area is 176 Å². The molecule has 3 aromatic carbocycles. The van der Waals surface area contributed by atoms with Gasteiger partial charge in [-0.25, -0.2) is 18.6 Å². The number of nitrogens with zero attached hydrogens (tertiary/aromatic N) is 2. The Morgan fingerprint density at radius 3 is 2.06 bits per heavy atom. The molecule has 1 aliphatic rings. The zero-order valence-corrected chi connectivity index (χ0v) is 16.4. The van der Waals surface area contributed by atoms with E-state index < -0.39 is 23.5 Å². The molecule has 154 valence electrons. The average molecular weight is 418 g/mol. The Balaban J connectivity index is 1.75. The number of anilines is 1. The van der Waals surface area contributed by atoms with E-state index in [9.17, 15) is 18.4 Å². The number of amides is 1. The zero-order chi connectivity index (χ0) is 22.0. The lowest BCUT2D eigenvalue weighted by molar-refractivity contribution is -0.113. The van der Waals surface area contributed by atoms with Crippen LogP contribution in [0.5, 0.6) is 0 Å². The Hall–Kier alpha value is -4.13. The molecule has 0 unspecified atom stereocenters. The van der Waals surface area contributed by atoms with E-state index in [4.69, 9.17) is 0 Å². The van der Waals surface area contributed by atoms with Gasteiger partial charge in [-0.05, 0) is 72.3 Å². The summed E-state index contributed by atoms with van der Waals surface area (Å²) in [6.07, 6.45) is 1.58. The van der Waals surface area contributed by atoms with Crippen molar-refractivity contribution < 1.29 is 23.1 Å². The van der Waals surface area contributed by atoms with Crippen molar-refractivity contribution in [2.75, 3.05) is 12.0 Å². The summed E-state index contributed by atoms with van der Waals surface area (Å²) in [7, 11) is 1.30. The molecule has 5 nitrogen and oxygen atoms in total. The second kappa shape index (κ2) is 8.31. The van der Waals surface area contributed by atoms with Crippen LogP contribution in [0.3, 0.4) is 0 Å². The summed E-state index contributed by atoms with van der Waals surface area (Å²) in [4.78, 5) is 30.6. The predicted molar refractivity (Wildman–Crippen MR) is 113 cm³/mol. The van der Waals surface area contributed by atoms with Gasteiger partial charge in [-0.1, -0.05) is 12.1 Å². The van der Waals surface area contributed by atoms with Gasteiger partial charge in [-0.3, -0.25) is 9.69 Å². The van der Waals surface area contributed by atoms with Crippen LogP contribution in [0, 0.1) is 11.6 Å². The van der Waals surface area contributed by atoms with Crippen LogP contribution in [0.2, 0.25) is 0 Å². The highest BCUT2D eigenvalue weighted by Crippen LogP contribution is 2.28. The number of halogens is 2. The number of esters is 1. The Morgan fingerprint density at radius 1 is 0.903 bits per heavy atom. The molecular weight excluding hydrogens is 402 g/mol. The molecule has 1 heterocycles. The highest BCUT2D eigenvalue weighted by molar-refractivity contribution is 6.33. The van der Waals surface area contributed by atoms with E-state index in [1.807, 2.05) is 0 Å². The quantitative estimate of drug-likeness (QED) is 0.460. The van der Waals surface area contributed by atoms with E-state index in [0.717, 1.165) is 0 Å². The molecule has 7 heteroatoms. The van der Waals surface area contributed by atoms with E-state index in [1.165, 1.54) is 60.5 Å². The fourth-order valence-corrected chi connectivity index (χ4v) is 3.13. The molecule has 4 rings (SSSR count). The predicted octanol–water partition coefficient (Wildman–Crippen LogP) is 4.59. The number of benzene rings is 3. The topological polar surface area (TPSA) is 59.0 Å². The Morgan fingerprint density at radius 2 is 1.48 bits per heavy atom. The van der Waals surface area contributed by atoms with Crippen molar-refractivity contribution in [3.63, 3.8) is 0 Å². The minimum atomic E-state index is -0.463. The Kier molecular flexibility index (Phi) is 5.41. The number of rotatable bonds is 4. The van der Waals surface area contributed by atoms with Gasteiger partial charge in [0.2, 0.25) is 0 Å². The first-order chi connectivity index (χ1) is 15.0. The molecular formula is C24H16F2N2O3. The SMILES string of the molecule is COC(=O)c1ccc(/C=C2/N=C(c3ccc(F)cc3)N(c3ccc(F)cc3)C2=O)cc1. The first kappa shape index (κ1) is 20.2. The first-order valence-corrected chi connectivity index (χ1v) is 9.31. The van der Waals surface area contributed by atoms with E-state index in [1.54, 1.807) is 30.3 Å². The van der Waals surface area contributed by atoms with Gasteiger partial charge in [0.25, 0.3) is 5.91 Å². The molecule has 0 atom stereocenters. The lowest BCUT2D eigenvalue weighted by atomic mass is 10.1. The molecule has 0 fully saturated rings. The van der Waals surface area contributed by atoms with Crippen molar-refractivity contribution in [2.45, 2.75) is 0 Å². The standard InChI is InChI=1S/C24H16F2N2O3/c1-31-24(30)17-4-2-15(3-5-17)14-21-23(29)28(20-12-10-19(26)11-13-20)22(27-21)16-6-8-18(25)9-7-16/h2-14H,1H3/b21-14+. The fourth-order valence-electron chi connectivity index (χ4n) is 3.13. The fraction of sp³-hybridized carbons (Fsp3) is 0.0417. The van der Waals surface area contributed by atoms with Crippen molar-refractivity contribution in [1.29, 1.82) is 0 Å². The molecule has 0 radical (unpaired) electrons. The third kappa shape index (κ3) is 4.11. The third-order valence-corrected chi connectivity index (χ3v) is 4.68. The minimum Gasteiger partial charge on any atom is -0.465 e. The molecule has 1 amide bonds. The second-order valence-corrected chi connectivity index (χ2v) is 6.70. The average Bonchev–Trinajstić information content (AvgIpc) is 3.10. The van der Waals surface area contributed by atoms with Crippen molar-refractivity contribution in [2.24, 2.45) is 4.99 Å². The molecule has 31 heavy (non-hydrogen) atoms. The first-order valence-electron chi connectivity index (χ1n) is 9.31. The minimum absolute atomic E-state index is 0.148. The van der Waals surface area contributed by atoms with Crippen molar-refractivity contribution in [3.05, 3.63) is 107 Å². The molecule has 0 saturated carbocycles. The number of carbonyl (C=O) groups is 2. The van der Waals surface area contributed by atoms with Crippen LogP contribution in [0.4, 0.5) is 14.5 Å². The number of amidine groups is 1. The summed E-state index contributed by atoms with van der Waals surface area (Å²) < 4.78 is 31.5. The summed E-state index contributed by atoms with van der Waals surface area (Å²) in [5.41, 5.74) is 2.14. The second-order valence-electron chi connectivity index (χ2n) is 6.70. The molecule has 0 N–H and O–H groups in total. The van der Waals surface area contributed by atoms with E-state index in [2.05, 4.69) is 9.73 Å². The van der Waals surface area contributed by atoms with Crippen LogP contribution in [0.25, 0.3) is 6.08 Å². The van der Waals surface area contributed by atoms with Gasteiger partial charge in [0.05, 0.1) is 18.4 Å². The van der Waals surface area contributed by atoms with Crippen LogP contribution in [-0.4, -0.2) is 24.8 Å². The van der Waals surface area contributed by atoms with Crippen LogP contribution >= 0.6 is 0 Å². The summed E-state index contributed by atoms with van der Waals surface area (Å²) in [5.74, 6) is -1.42. The lowest BCUT2D eigenvalue weighted by Gasteiger charge is -2.18. The number of hydrogen-bond acceptors (Lipinski definition) is 4. The van der Waals surface area contributed by atoms with Crippen molar-refractivity contribution in [1.82, 2.24) is 0 Å². The van der Waals surface area contributed by atoms with Gasteiger partial charge >= 0.3 is 5.97 Å². The zero-order valence-electron chi connectivity index (χ0n) is 16.4. The maximum atomic E-state index is 13.4. The molecule has 0 spiro atoms. The number of carbonyl (C=O) groups excluding carboxylic acids is 2. The van der Waals surface area contributed by atoms with E-state index >= 15 is 0 Å². The largest absolute Gasteiger partial charge is 0.465 e. The molecule has 0 aromatic heterocycles. The van der Waals surface area contributed by atoms with Crippen LogP contribution in [0.15, 0.2) is 83.5 Å². The van der Waals surface area contributed by atoms with Crippen LogP contribution in [0.1, 0.15) is 21.5 Å². The smallest absolute Gasteiger partial charge is 0.337 e. The number of aliphatic imine (C=N–C) groups is 1. The Bertz CT molecular complexity index is 1200.